The van der Waals surface area contributed by atoms with E-state index in [4.69, 9.17) is 4.74 Å². The van der Waals surface area contributed by atoms with E-state index >= 15 is 0 Å². The number of carbonyl (C=O) groups excluding carboxylic acids is 2. The highest BCUT2D eigenvalue weighted by atomic mass is 32.1. The second-order valence-electron chi connectivity index (χ2n) is 7.01. The molecule has 0 fully saturated rings. The Morgan fingerprint density at radius 2 is 1.58 bits per heavy atom. The Hall–Kier alpha value is -4.23. The minimum absolute atomic E-state index is 0.0753. The molecule has 0 aliphatic rings. The van der Waals surface area contributed by atoms with Crippen LogP contribution in [0.25, 0.3) is 6.08 Å². The molecule has 7 heteroatoms. The van der Waals surface area contributed by atoms with Crippen molar-refractivity contribution in [3.63, 3.8) is 0 Å². The summed E-state index contributed by atoms with van der Waals surface area (Å²) in [6.45, 7) is 0. The van der Waals surface area contributed by atoms with Gasteiger partial charge in [0.15, 0.2) is 10.9 Å². The summed E-state index contributed by atoms with van der Waals surface area (Å²) in [5, 5.41) is 7.78. The fourth-order valence-corrected chi connectivity index (χ4v) is 3.68. The van der Waals surface area contributed by atoms with Crippen molar-refractivity contribution in [1.29, 1.82) is 0 Å². The van der Waals surface area contributed by atoms with Crippen molar-refractivity contribution in [2.45, 2.75) is 6.42 Å². The topological polar surface area (TPSA) is 80.3 Å². The zero-order valence-corrected chi connectivity index (χ0v) is 18.4. The highest BCUT2D eigenvalue weighted by Crippen LogP contribution is 2.29. The molecule has 0 spiro atoms. The van der Waals surface area contributed by atoms with E-state index in [1.165, 1.54) is 17.4 Å². The number of ether oxygens (including phenoxy) is 1. The summed E-state index contributed by atoms with van der Waals surface area (Å²) in [4.78, 5) is 29.0. The number of aromatic nitrogens is 1. The van der Waals surface area contributed by atoms with E-state index in [2.05, 4.69) is 15.6 Å². The number of nitrogens with one attached hydrogen (secondary N) is 2. The maximum absolute atomic E-state index is 12.6. The van der Waals surface area contributed by atoms with E-state index in [0.717, 1.165) is 5.56 Å². The molecule has 0 aliphatic heterocycles. The van der Waals surface area contributed by atoms with E-state index in [9.17, 15) is 9.59 Å². The van der Waals surface area contributed by atoms with E-state index < -0.39 is 0 Å². The van der Waals surface area contributed by atoms with E-state index in [-0.39, 0.29) is 18.2 Å². The van der Waals surface area contributed by atoms with Gasteiger partial charge in [0.25, 0.3) is 0 Å². The van der Waals surface area contributed by atoms with Gasteiger partial charge in [-0.3, -0.25) is 14.9 Å². The lowest BCUT2D eigenvalue weighted by Crippen LogP contribution is -2.15. The predicted octanol–water partition coefficient (Wildman–Crippen LogP) is 5.77. The van der Waals surface area contributed by atoms with Gasteiger partial charge < -0.3 is 10.1 Å². The molecule has 33 heavy (non-hydrogen) atoms. The van der Waals surface area contributed by atoms with Crippen molar-refractivity contribution in [1.82, 2.24) is 4.98 Å². The summed E-state index contributed by atoms with van der Waals surface area (Å²) >= 11 is 1.27. The molecule has 0 saturated carbocycles. The highest BCUT2D eigenvalue weighted by Gasteiger charge is 2.12. The average molecular weight is 456 g/mol. The average Bonchev–Trinajstić information content (AvgIpc) is 3.26. The van der Waals surface area contributed by atoms with Crippen LogP contribution in [0.15, 0.2) is 96.4 Å². The standard InChI is InChI=1S/C26H21N3O3S/c30-24(16-15-19-9-3-1-4-10-19)29-26-27-20(18-33-26)17-25(31)28-22-13-7-8-14-23(22)32-21-11-5-2-6-12-21/h1-16,18H,17H2,(H,28,31)(H,27,29,30)/b16-15+. The van der Waals surface area contributed by atoms with Crippen molar-refractivity contribution in [2.24, 2.45) is 0 Å². The first-order chi connectivity index (χ1) is 16.2. The third-order valence-electron chi connectivity index (χ3n) is 4.48. The zero-order valence-electron chi connectivity index (χ0n) is 17.6. The van der Waals surface area contributed by atoms with E-state index in [0.29, 0.717) is 28.0 Å². The Labute approximate surface area is 195 Å². The largest absolute Gasteiger partial charge is 0.455 e. The minimum atomic E-state index is -0.281. The van der Waals surface area contributed by atoms with Crippen molar-refractivity contribution in [2.75, 3.05) is 10.6 Å². The van der Waals surface area contributed by atoms with Crippen LogP contribution in [-0.4, -0.2) is 16.8 Å². The number of rotatable bonds is 8. The smallest absolute Gasteiger partial charge is 0.250 e. The quantitative estimate of drug-likeness (QED) is 0.331. The van der Waals surface area contributed by atoms with Crippen LogP contribution >= 0.6 is 11.3 Å². The number of anilines is 2. The molecule has 0 aliphatic carbocycles. The molecule has 0 radical (unpaired) electrons. The van der Waals surface area contributed by atoms with Crippen LogP contribution < -0.4 is 15.4 Å². The van der Waals surface area contributed by atoms with Gasteiger partial charge in [0.05, 0.1) is 17.8 Å². The molecule has 1 heterocycles. The van der Waals surface area contributed by atoms with Gasteiger partial charge >= 0.3 is 0 Å². The lowest BCUT2D eigenvalue weighted by molar-refractivity contribution is -0.115. The number of amides is 2. The van der Waals surface area contributed by atoms with Crippen molar-refractivity contribution in [3.05, 3.63) is 108 Å². The molecule has 2 amide bonds. The minimum Gasteiger partial charge on any atom is -0.455 e. The summed E-state index contributed by atoms with van der Waals surface area (Å²) in [5.41, 5.74) is 2.07. The molecular weight excluding hydrogens is 434 g/mol. The van der Waals surface area contributed by atoms with E-state index in [1.807, 2.05) is 72.8 Å². The molecule has 164 valence electrons. The third-order valence-corrected chi connectivity index (χ3v) is 5.29. The number of para-hydroxylation sites is 3. The molecule has 2 N–H and O–H groups in total. The summed E-state index contributed by atoms with van der Waals surface area (Å²) in [6.07, 6.45) is 3.25. The fourth-order valence-electron chi connectivity index (χ4n) is 2.96. The molecule has 0 atom stereocenters. The first-order valence-electron chi connectivity index (χ1n) is 10.3. The monoisotopic (exact) mass is 455 g/mol. The molecule has 1 aromatic heterocycles. The number of hydrogen-bond donors (Lipinski definition) is 2. The molecule has 4 rings (SSSR count). The van der Waals surface area contributed by atoms with Gasteiger partial charge in [0.2, 0.25) is 11.8 Å². The number of thiazole rings is 1. The summed E-state index contributed by atoms with van der Waals surface area (Å²) in [6, 6.07) is 26.1. The van der Waals surface area contributed by atoms with Crippen LogP contribution in [-0.2, 0) is 16.0 Å². The fraction of sp³-hybridized carbons (Fsp3) is 0.0385. The van der Waals surface area contributed by atoms with Crippen LogP contribution in [0, 0.1) is 0 Å². The second-order valence-corrected chi connectivity index (χ2v) is 7.87. The summed E-state index contributed by atoms with van der Waals surface area (Å²) < 4.78 is 5.88. The Morgan fingerprint density at radius 1 is 0.879 bits per heavy atom. The van der Waals surface area contributed by atoms with Crippen molar-refractivity contribution >= 4 is 40.0 Å². The number of benzene rings is 3. The molecule has 0 saturated heterocycles. The molecule has 0 unspecified atom stereocenters. The van der Waals surface area contributed by atoms with Crippen LogP contribution in [0.3, 0.4) is 0 Å². The van der Waals surface area contributed by atoms with Gasteiger partial charge in [0, 0.05) is 11.5 Å². The lowest BCUT2D eigenvalue weighted by Gasteiger charge is -2.11. The van der Waals surface area contributed by atoms with Crippen LogP contribution in [0.1, 0.15) is 11.3 Å². The Balaban J connectivity index is 1.33. The van der Waals surface area contributed by atoms with Gasteiger partial charge in [-0.25, -0.2) is 4.98 Å². The maximum Gasteiger partial charge on any atom is 0.250 e. The van der Waals surface area contributed by atoms with E-state index in [1.54, 1.807) is 23.6 Å². The Bertz CT molecular complexity index is 1250. The molecule has 0 bridgehead atoms. The van der Waals surface area contributed by atoms with Gasteiger partial charge in [0.1, 0.15) is 5.75 Å². The Morgan fingerprint density at radius 3 is 2.36 bits per heavy atom. The number of carbonyl (C=O) groups is 2. The van der Waals surface area contributed by atoms with Gasteiger partial charge in [-0.1, -0.05) is 60.7 Å². The lowest BCUT2D eigenvalue weighted by atomic mass is 10.2. The molecule has 6 nitrogen and oxygen atoms in total. The predicted molar refractivity (Wildman–Crippen MR) is 132 cm³/mol. The van der Waals surface area contributed by atoms with Crippen molar-refractivity contribution in [3.8, 4) is 11.5 Å². The molecular formula is C26H21N3O3S. The Kier molecular flexibility index (Phi) is 7.25. The first kappa shape index (κ1) is 22.0. The normalized spacial score (nSPS) is 10.7. The SMILES string of the molecule is O=C(/C=C/c1ccccc1)Nc1nc(CC(=O)Nc2ccccc2Oc2ccccc2)cs1. The van der Waals surface area contributed by atoms with Gasteiger partial charge in [-0.2, -0.15) is 0 Å². The number of nitrogens with zero attached hydrogens (tertiary/aromatic N) is 1. The molecule has 3 aromatic carbocycles. The summed E-state index contributed by atoms with van der Waals surface area (Å²) in [7, 11) is 0. The second kappa shape index (κ2) is 10.9. The maximum atomic E-state index is 12.6. The molecule has 4 aromatic rings. The van der Waals surface area contributed by atoms with Crippen LogP contribution in [0.4, 0.5) is 10.8 Å². The van der Waals surface area contributed by atoms with Crippen LogP contribution in [0.5, 0.6) is 11.5 Å². The van der Waals surface area contributed by atoms with Crippen molar-refractivity contribution < 1.29 is 14.3 Å². The van der Waals surface area contributed by atoms with Gasteiger partial charge in [-0.15, -0.1) is 11.3 Å². The number of hydrogen-bond acceptors (Lipinski definition) is 5. The van der Waals surface area contributed by atoms with Crippen LogP contribution in [0.2, 0.25) is 0 Å². The highest BCUT2D eigenvalue weighted by molar-refractivity contribution is 7.14. The zero-order chi connectivity index (χ0) is 22.9. The first-order valence-corrected chi connectivity index (χ1v) is 11.1. The third kappa shape index (κ3) is 6.62. The van der Waals surface area contributed by atoms with Gasteiger partial charge in [-0.05, 0) is 35.9 Å². The summed E-state index contributed by atoms with van der Waals surface area (Å²) in [5.74, 6) is 0.719.